The summed E-state index contributed by atoms with van der Waals surface area (Å²) in [6.45, 7) is 1.01. The Bertz CT molecular complexity index is 1270. The van der Waals surface area contributed by atoms with Crippen LogP contribution in [-0.4, -0.2) is 98.4 Å². The number of hydrogen-bond donors (Lipinski definition) is 2. The molecular formula is C26H34N4O8S. The molecule has 1 aliphatic heterocycles. The average Bonchev–Trinajstić information content (AvgIpc) is 2.94. The monoisotopic (exact) mass is 562 g/mol. The lowest BCUT2D eigenvalue weighted by Crippen LogP contribution is -2.63. The molecule has 1 unspecified atom stereocenters. The van der Waals surface area contributed by atoms with Gasteiger partial charge in [-0.2, -0.15) is 4.31 Å². The maximum absolute atomic E-state index is 13.7. The molecule has 0 bridgehead atoms. The fourth-order valence-electron chi connectivity index (χ4n) is 4.55. The standard InChI is InChI=1S/C26H34N4O8S/c1-18-26(33)28(2)16-20(15-24(31)27-34)30(18)25(32)17-29(14-13-19-5-7-21(37-3)8-6-19)39(35,36)23-11-9-22(38-4)10-12-23/h5-12,18,20,34H,13-17H2,1-4H3,(H,27,31)/t18-,20?/m0/s1. The van der Waals surface area contributed by atoms with E-state index >= 15 is 0 Å². The van der Waals surface area contributed by atoms with Crippen molar-refractivity contribution in [1.82, 2.24) is 19.6 Å². The number of hydroxylamine groups is 1. The number of amides is 3. The summed E-state index contributed by atoms with van der Waals surface area (Å²) >= 11 is 0. The highest BCUT2D eigenvalue weighted by Crippen LogP contribution is 2.23. The number of methoxy groups -OCH3 is 2. The summed E-state index contributed by atoms with van der Waals surface area (Å²) in [5.41, 5.74) is 2.38. The second-order valence-corrected chi connectivity index (χ2v) is 11.1. The van der Waals surface area contributed by atoms with Gasteiger partial charge in [-0.1, -0.05) is 12.1 Å². The Hall–Kier alpha value is -3.68. The molecule has 0 spiro atoms. The Labute approximate surface area is 228 Å². The summed E-state index contributed by atoms with van der Waals surface area (Å²) in [4.78, 5) is 40.9. The highest BCUT2D eigenvalue weighted by Gasteiger charge is 2.41. The van der Waals surface area contributed by atoms with Crippen molar-refractivity contribution in [2.24, 2.45) is 0 Å². The van der Waals surface area contributed by atoms with Crippen LogP contribution in [0.3, 0.4) is 0 Å². The van der Waals surface area contributed by atoms with Crippen LogP contribution in [0.15, 0.2) is 53.4 Å². The molecule has 0 aliphatic carbocycles. The molecule has 1 aliphatic rings. The number of hydrogen-bond acceptors (Lipinski definition) is 8. The van der Waals surface area contributed by atoms with Gasteiger partial charge in [-0.05, 0) is 55.3 Å². The summed E-state index contributed by atoms with van der Waals surface area (Å²) in [6.07, 6.45) is 0.0432. The van der Waals surface area contributed by atoms with E-state index in [4.69, 9.17) is 14.7 Å². The van der Waals surface area contributed by atoms with Gasteiger partial charge in [-0.15, -0.1) is 0 Å². The third-order valence-electron chi connectivity index (χ3n) is 6.68. The van der Waals surface area contributed by atoms with E-state index in [1.807, 2.05) is 12.1 Å². The van der Waals surface area contributed by atoms with E-state index in [1.165, 1.54) is 48.1 Å². The number of benzene rings is 2. The van der Waals surface area contributed by atoms with Crippen molar-refractivity contribution in [3.8, 4) is 11.5 Å². The Morgan fingerprint density at radius 3 is 2.15 bits per heavy atom. The molecule has 1 saturated heterocycles. The van der Waals surface area contributed by atoms with Crippen molar-refractivity contribution in [2.45, 2.75) is 36.7 Å². The molecule has 3 amide bonds. The lowest BCUT2D eigenvalue weighted by molar-refractivity contribution is -0.155. The van der Waals surface area contributed by atoms with E-state index < -0.39 is 40.5 Å². The van der Waals surface area contributed by atoms with Crippen molar-refractivity contribution in [3.05, 3.63) is 54.1 Å². The van der Waals surface area contributed by atoms with Gasteiger partial charge in [-0.25, -0.2) is 13.9 Å². The fraction of sp³-hybridized carbons (Fsp3) is 0.423. The maximum Gasteiger partial charge on any atom is 0.245 e. The molecule has 212 valence electrons. The van der Waals surface area contributed by atoms with Crippen LogP contribution in [0.4, 0.5) is 0 Å². The van der Waals surface area contributed by atoms with Crippen molar-refractivity contribution < 1.29 is 37.5 Å². The minimum atomic E-state index is -4.14. The zero-order valence-corrected chi connectivity index (χ0v) is 23.2. The molecule has 2 aromatic rings. The average molecular weight is 563 g/mol. The Morgan fingerprint density at radius 1 is 1.05 bits per heavy atom. The molecule has 39 heavy (non-hydrogen) atoms. The van der Waals surface area contributed by atoms with Crippen molar-refractivity contribution in [2.75, 3.05) is 40.9 Å². The van der Waals surface area contributed by atoms with Crippen molar-refractivity contribution >= 4 is 27.7 Å². The molecule has 3 rings (SSSR count). The van der Waals surface area contributed by atoms with Crippen LogP contribution in [0, 0.1) is 0 Å². The molecule has 2 aromatic carbocycles. The van der Waals surface area contributed by atoms with Crippen LogP contribution in [-0.2, 0) is 30.8 Å². The molecule has 0 saturated carbocycles. The summed E-state index contributed by atoms with van der Waals surface area (Å²) in [7, 11) is 0.431. The smallest absolute Gasteiger partial charge is 0.245 e. The summed E-state index contributed by atoms with van der Waals surface area (Å²) < 4.78 is 38.8. The minimum Gasteiger partial charge on any atom is -0.497 e. The molecule has 0 radical (unpaired) electrons. The van der Waals surface area contributed by atoms with E-state index in [1.54, 1.807) is 31.8 Å². The number of likely N-dealkylation sites (N-methyl/N-ethyl adjacent to an activating group) is 1. The lowest BCUT2D eigenvalue weighted by atomic mass is 10.0. The van der Waals surface area contributed by atoms with Gasteiger partial charge in [-0.3, -0.25) is 19.6 Å². The Balaban J connectivity index is 1.92. The largest absolute Gasteiger partial charge is 0.497 e. The molecular weight excluding hydrogens is 528 g/mol. The number of piperazine rings is 1. The summed E-state index contributed by atoms with van der Waals surface area (Å²) in [6, 6.07) is 11.3. The highest BCUT2D eigenvalue weighted by molar-refractivity contribution is 7.89. The SMILES string of the molecule is COc1ccc(CCN(CC(=O)N2C(CC(=O)NO)CN(C)C(=O)[C@@H]2C)S(=O)(=O)c2ccc(OC)cc2)cc1. The number of sulfonamides is 1. The van der Waals surface area contributed by atoms with Crippen molar-refractivity contribution in [3.63, 3.8) is 0 Å². The van der Waals surface area contributed by atoms with Gasteiger partial charge < -0.3 is 19.3 Å². The van der Waals surface area contributed by atoms with Crippen LogP contribution < -0.4 is 15.0 Å². The van der Waals surface area contributed by atoms with Gasteiger partial charge >= 0.3 is 0 Å². The van der Waals surface area contributed by atoms with Gasteiger partial charge in [0.2, 0.25) is 27.7 Å². The van der Waals surface area contributed by atoms with E-state index in [0.717, 1.165) is 9.87 Å². The maximum atomic E-state index is 13.7. The van der Waals surface area contributed by atoms with Crippen LogP contribution in [0.5, 0.6) is 11.5 Å². The first kappa shape index (κ1) is 29.9. The molecule has 2 atom stereocenters. The first-order valence-electron chi connectivity index (χ1n) is 12.3. The van der Waals surface area contributed by atoms with Crippen LogP contribution in [0.25, 0.3) is 0 Å². The molecule has 12 nitrogen and oxygen atoms in total. The normalized spacial score (nSPS) is 17.7. The minimum absolute atomic E-state index is 0.0235. The predicted octanol–water partition coefficient (Wildman–Crippen LogP) is 0.890. The molecule has 1 heterocycles. The fourth-order valence-corrected chi connectivity index (χ4v) is 5.94. The number of rotatable bonds is 11. The lowest BCUT2D eigenvalue weighted by Gasteiger charge is -2.44. The van der Waals surface area contributed by atoms with Crippen LogP contribution in [0.1, 0.15) is 18.9 Å². The summed E-state index contributed by atoms with van der Waals surface area (Å²) in [5.74, 6) is -0.568. The van der Waals surface area contributed by atoms with Gasteiger partial charge in [0.05, 0.1) is 38.1 Å². The quantitative estimate of drug-likeness (QED) is 0.303. The van der Waals surface area contributed by atoms with Gasteiger partial charge in [0.1, 0.15) is 17.5 Å². The third kappa shape index (κ3) is 7.05. The Kier molecular flexibility index (Phi) is 9.89. The van der Waals surface area contributed by atoms with Crippen LogP contribution >= 0.6 is 0 Å². The first-order chi connectivity index (χ1) is 18.5. The van der Waals surface area contributed by atoms with Gasteiger partial charge in [0.15, 0.2) is 0 Å². The van der Waals surface area contributed by atoms with E-state index in [0.29, 0.717) is 17.9 Å². The molecule has 0 aromatic heterocycles. The van der Waals surface area contributed by atoms with Gasteiger partial charge in [0.25, 0.3) is 0 Å². The third-order valence-corrected chi connectivity index (χ3v) is 8.54. The molecule has 2 N–H and O–H groups in total. The predicted molar refractivity (Wildman–Crippen MR) is 141 cm³/mol. The zero-order chi connectivity index (χ0) is 28.7. The first-order valence-corrected chi connectivity index (χ1v) is 13.7. The topological polar surface area (TPSA) is 146 Å². The van der Waals surface area contributed by atoms with E-state index in [9.17, 15) is 22.8 Å². The van der Waals surface area contributed by atoms with Gasteiger partial charge in [0, 0.05) is 20.1 Å². The second kappa shape index (κ2) is 12.9. The second-order valence-electron chi connectivity index (χ2n) is 9.20. The number of carbonyl (C=O) groups excluding carboxylic acids is 3. The number of carbonyl (C=O) groups is 3. The summed E-state index contributed by atoms with van der Waals surface area (Å²) in [5, 5.41) is 9.01. The number of ether oxygens (including phenoxy) is 2. The number of nitrogens with one attached hydrogen (secondary N) is 1. The Morgan fingerprint density at radius 2 is 1.62 bits per heavy atom. The molecule has 1 fully saturated rings. The van der Waals surface area contributed by atoms with E-state index in [-0.39, 0.29) is 30.3 Å². The zero-order valence-electron chi connectivity index (χ0n) is 22.4. The number of nitrogens with zero attached hydrogens (tertiary/aromatic N) is 3. The van der Waals surface area contributed by atoms with Crippen LogP contribution in [0.2, 0.25) is 0 Å². The molecule has 13 heteroatoms. The highest BCUT2D eigenvalue weighted by atomic mass is 32.2. The van der Waals surface area contributed by atoms with E-state index in [2.05, 4.69) is 0 Å². The van der Waals surface area contributed by atoms with Crippen molar-refractivity contribution in [1.29, 1.82) is 0 Å².